The van der Waals surface area contributed by atoms with E-state index in [1.54, 1.807) is 7.11 Å². The van der Waals surface area contributed by atoms with Crippen molar-refractivity contribution >= 4 is 28.3 Å². The van der Waals surface area contributed by atoms with E-state index >= 15 is 0 Å². The van der Waals surface area contributed by atoms with E-state index in [2.05, 4.69) is 33.4 Å². The summed E-state index contributed by atoms with van der Waals surface area (Å²) >= 11 is 0. The molecule has 0 saturated carbocycles. The van der Waals surface area contributed by atoms with Crippen LogP contribution in [0.3, 0.4) is 0 Å². The van der Waals surface area contributed by atoms with Crippen molar-refractivity contribution in [2.75, 3.05) is 38.2 Å². The molecule has 7 rings (SSSR count). The lowest BCUT2D eigenvalue weighted by Gasteiger charge is -2.39. The van der Waals surface area contributed by atoms with Gasteiger partial charge in [0, 0.05) is 55.4 Å². The highest BCUT2D eigenvalue weighted by molar-refractivity contribution is 5.99. The average Bonchev–Trinajstić information content (AvgIpc) is 3.64. The number of nitrogens with zero attached hydrogens (tertiary/aromatic N) is 3. The Morgan fingerprint density at radius 1 is 0.881 bits per heavy atom. The van der Waals surface area contributed by atoms with Gasteiger partial charge >= 0.3 is 0 Å². The van der Waals surface area contributed by atoms with Gasteiger partial charge in [-0.05, 0) is 108 Å². The molecule has 2 fully saturated rings. The Hall–Kier alpha value is -4.39. The fourth-order valence-electron chi connectivity index (χ4n) is 7.10. The number of hydrogen-bond acceptors (Lipinski definition) is 5. The van der Waals surface area contributed by atoms with Gasteiger partial charge in [0.1, 0.15) is 5.75 Å². The standard InChI is InChI=1S/C35H36N4O3/c1-42-30-8-6-25-20-27(4-3-26(25)21-30)33(40)37-32-9-7-24-2-5-28(22-31(24)32)34(41)38-17-12-35(13-18-38)14-19-39(23-35)29-10-15-36-16-11-29/h2-6,8,10-11,15-16,20-22,32H,7,9,12-14,17-19,23H2,1H3,(H,37,40)/t32-/m1/s1. The molecular weight excluding hydrogens is 524 g/mol. The summed E-state index contributed by atoms with van der Waals surface area (Å²) in [7, 11) is 1.65. The summed E-state index contributed by atoms with van der Waals surface area (Å²) in [6, 6.07) is 21.7. The largest absolute Gasteiger partial charge is 0.497 e. The molecule has 0 radical (unpaired) electrons. The van der Waals surface area contributed by atoms with Crippen LogP contribution in [0.2, 0.25) is 0 Å². The second-order valence-electron chi connectivity index (χ2n) is 12.1. The minimum absolute atomic E-state index is 0.0959. The maximum atomic E-state index is 13.6. The topological polar surface area (TPSA) is 74.8 Å². The van der Waals surface area contributed by atoms with Crippen molar-refractivity contribution in [1.29, 1.82) is 0 Å². The number of aromatic nitrogens is 1. The Kier molecular flexibility index (Phi) is 6.81. The summed E-state index contributed by atoms with van der Waals surface area (Å²) in [4.78, 5) is 35.5. The molecule has 1 aromatic heterocycles. The molecule has 214 valence electrons. The number of pyridine rings is 1. The van der Waals surface area contributed by atoms with Crippen LogP contribution in [0, 0.1) is 5.41 Å². The number of benzene rings is 3. The lowest BCUT2D eigenvalue weighted by molar-refractivity contribution is 0.0610. The molecule has 42 heavy (non-hydrogen) atoms. The number of rotatable bonds is 5. The second kappa shape index (κ2) is 10.8. The fourth-order valence-corrected chi connectivity index (χ4v) is 7.10. The van der Waals surface area contributed by atoms with E-state index in [1.165, 1.54) is 17.7 Å². The monoisotopic (exact) mass is 560 g/mol. The molecule has 3 aromatic carbocycles. The first kappa shape index (κ1) is 26.5. The van der Waals surface area contributed by atoms with Gasteiger partial charge < -0.3 is 19.9 Å². The van der Waals surface area contributed by atoms with Crippen molar-refractivity contribution in [3.05, 3.63) is 101 Å². The Bertz CT molecular complexity index is 1650. The molecule has 1 N–H and O–H groups in total. The van der Waals surface area contributed by atoms with E-state index < -0.39 is 0 Å². The number of likely N-dealkylation sites (tertiary alicyclic amines) is 1. The summed E-state index contributed by atoms with van der Waals surface area (Å²) in [5.74, 6) is 0.794. The predicted octanol–water partition coefficient (Wildman–Crippen LogP) is 5.79. The third-order valence-electron chi connectivity index (χ3n) is 9.66. The Balaban J connectivity index is 1.01. The maximum absolute atomic E-state index is 13.6. The summed E-state index contributed by atoms with van der Waals surface area (Å²) in [6.07, 6.45) is 8.68. The molecule has 7 nitrogen and oxygen atoms in total. The van der Waals surface area contributed by atoms with Gasteiger partial charge in [0.15, 0.2) is 0 Å². The number of methoxy groups -OCH3 is 1. The average molecular weight is 561 g/mol. The third kappa shape index (κ3) is 4.97. The van der Waals surface area contributed by atoms with E-state index in [9.17, 15) is 9.59 Å². The van der Waals surface area contributed by atoms with Gasteiger partial charge in [0.05, 0.1) is 13.2 Å². The quantitative estimate of drug-likeness (QED) is 0.334. The van der Waals surface area contributed by atoms with E-state index in [0.717, 1.165) is 79.5 Å². The minimum Gasteiger partial charge on any atom is -0.497 e. The Morgan fingerprint density at radius 3 is 2.43 bits per heavy atom. The van der Waals surface area contributed by atoms with Crippen molar-refractivity contribution < 1.29 is 14.3 Å². The fraction of sp³-hybridized carbons (Fsp3) is 0.343. The van der Waals surface area contributed by atoms with Crippen LogP contribution >= 0.6 is 0 Å². The first-order valence-electron chi connectivity index (χ1n) is 15.0. The number of fused-ring (bicyclic) bond motifs is 2. The van der Waals surface area contributed by atoms with Crippen LogP contribution in [0.15, 0.2) is 79.1 Å². The second-order valence-corrected chi connectivity index (χ2v) is 12.1. The maximum Gasteiger partial charge on any atom is 0.253 e. The molecular formula is C35H36N4O3. The van der Waals surface area contributed by atoms with Crippen LogP contribution in [-0.2, 0) is 6.42 Å². The molecule has 2 saturated heterocycles. The first-order valence-corrected chi connectivity index (χ1v) is 15.0. The van der Waals surface area contributed by atoms with Crippen molar-refractivity contribution in [2.45, 2.75) is 38.1 Å². The molecule has 3 heterocycles. The molecule has 1 atom stereocenters. The highest BCUT2D eigenvalue weighted by atomic mass is 16.5. The molecule has 0 bridgehead atoms. The highest BCUT2D eigenvalue weighted by Crippen LogP contribution is 2.42. The molecule has 7 heteroatoms. The Morgan fingerprint density at radius 2 is 1.62 bits per heavy atom. The van der Waals surface area contributed by atoms with Gasteiger partial charge in [-0.1, -0.05) is 18.2 Å². The summed E-state index contributed by atoms with van der Waals surface area (Å²) in [5, 5.41) is 5.26. The predicted molar refractivity (Wildman–Crippen MR) is 164 cm³/mol. The molecule has 0 unspecified atom stereocenters. The van der Waals surface area contributed by atoms with E-state index in [0.29, 0.717) is 5.56 Å². The van der Waals surface area contributed by atoms with E-state index in [4.69, 9.17) is 4.74 Å². The van der Waals surface area contributed by atoms with Gasteiger partial charge in [-0.25, -0.2) is 0 Å². The lowest BCUT2D eigenvalue weighted by Crippen LogP contribution is -2.44. The van der Waals surface area contributed by atoms with Gasteiger partial charge in [0.25, 0.3) is 11.8 Å². The molecule has 3 aliphatic rings. The zero-order chi connectivity index (χ0) is 28.7. The molecule has 1 aliphatic carbocycles. The smallest absolute Gasteiger partial charge is 0.253 e. The number of ether oxygens (including phenoxy) is 1. The van der Waals surface area contributed by atoms with Gasteiger partial charge in [0.2, 0.25) is 0 Å². The number of anilines is 1. The first-order chi connectivity index (χ1) is 20.5. The molecule has 2 aliphatic heterocycles. The van der Waals surface area contributed by atoms with Crippen LogP contribution in [0.1, 0.15) is 63.6 Å². The number of nitrogens with one attached hydrogen (secondary N) is 1. The number of hydrogen-bond donors (Lipinski definition) is 1. The van der Waals surface area contributed by atoms with E-state index in [-0.39, 0.29) is 23.3 Å². The highest BCUT2D eigenvalue weighted by Gasteiger charge is 2.41. The van der Waals surface area contributed by atoms with Crippen molar-refractivity contribution in [2.24, 2.45) is 5.41 Å². The molecule has 1 spiro atoms. The third-order valence-corrected chi connectivity index (χ3v) is 9.66. The zero-order valence-electron chi connectivity index (χ0n) is 24.0. The number of aryl methyl sites for hydroxylation is 1. The Labute approximate surface area is 246 Å². The lowest BCUT2D eigenvalue weighted by atomic mass is 9.77. The van der Waals surface area contributed by atoms with Crippen molar-refractivity contribution in [3.8, 4) is 5.75 Å². The van der Waals surface area contributed by atoms with Gasteiger partial charge in [-0.15, -0.1) is 0 Å². The van der Waals surface area contributed by atoms with Crippen LogP contribution < -0.4 is 15.0 Å². The minimum atomic E-state index is -0.103. The normalized spacial score (nSPS) is 19.2. The summed E-state index contributed by atoms with van der Waals surface area (Å²) in [6.45, 7) is 3.68. The van der Waals surface area contributed by atoms with E-state index in [1.807, 2.05) is 65.8 Å². The molecule has 2 amide bonds. The number of carbonyl (C=O) groups is 2. The van der Waals surface area contributed by atoms with Crippen LogP contribution in [0.25, 0.3) is 10.8 Å². The summed E-state index contributed by atoms with van der Waals surface area (Å²) in [5.41, 5.74) is 5.14. The van der Waals surface area contributed by atoms with Crippen molar-refractivity contribution in [1.82, 2.24) is 15.2 Å². The van der Waals surface area contributed by atoms with Gasteiger partial charge in [-0.2, -0.15) is 0 Å². The summed E-state index contributed by atoms with van der Waals surface area (Å²) < 4.78 is 5.32. The number of amides is 2. The molecule has 4 aromatic rings. The van der Waals surface area contributed by atoms with Gasteiger partial charge in [-0.3, -0.25) is 14.6 Å². The zero-order valence-corrected chi connectivity index (χ0v) is 24.0. The van der Waals surface area contributed by atoms with Crippen molar-refractivity contribution in [3.63, 3.8) is 0 Å². The SMILES string of the molecule is COc1ccc2cc(C(=O)N[C@@H]3CCc4ccc(C(=O)N5CCC6(CC5)CCN(c5ccncc5)C6)cc43)ccc2c1. The number of carbonyl (C=O) groups excluding carboxylic acids is 2. The van der Waals surface area contributed by atoms with Crippen LogP contribution in [0.5, 0.6) is 5.75 Å². The number of piperidine rings is 1. The van der Waals surface area contributed by atoms with Crippen LogP contribution in [0.4, 0.5) is 5.69 Å². The van der Waals surface area contributed by atoms with Crippen LogP contribution in [-0.4, -0.2) is 55.0 Å².